The van der Waals surface area contributed by atoms with Crippen molar-refractivity contribution in [2.75, 3.05) is 0 Å². The molecule has 0 fully saturated rings. The number of ether oxygens (including phenoxy) is 2. The van der Waals surface area contributed by atoms with E-state index in [1.54, 1.807) is 41.5 Å². The van der Waals surface area contributed by atoms with Crippen molar-refractivity contribution in [2.24, 2.45) is 5.92 Å². The molecule has 0 aliphatic rings. The average molecular weight is 216 g/mol. The minimum absolute atomic E-state index is 0.348. The van der Waals surface area contributed by atoms with E-state index in [1.165, 1.54) is 0 Å². The Bertz CT molecular complexity index is 237. The fraction of sp³-hybridized carbons (Fsp3) is 0.818. The Morgan fingerprint density at radius 1 is 1.20 bits per heavy atom. The minimum atomic E-state index is -0.843. The first kappa shape index (κ1) is 13.9. The summed E-state index contributed by atoms with van der Waals surface area (Å²) >= 11 is 0. The van der Waals surface area contributed by atoms with Crippen LogP contribution in [0.15, 0.2) is 0 Å². The quantitative estimate of drug-likeness (QED) is 0.532. The highest BCUT2D eigenvalue weighted by atomic mass is 16.6. The monoisotopic (exact) mass is 216 g/mol. The Labute approximate surface area is 90.9 Å². The Morgan fingerprint density at radius 3 is 2.00 bits per heavy atom. The zero-order valence-electron chi connectivity index (χ0n) is 10.3. The molecule has 0 saturated carbocycles. The third kappa shape index (κ3) is 4.81. The number of esters is 1. The van der Waals surface area contributed by atoms with Crippen molar-refractivity contribution in [3.8, 4) is 0 Å². The van der Waals surface area contributed by atoms with Crippen LogP contribution < -0.4 is 0 Å². The van der Waals surface area contributed by atoms with Gasteiger partial charge < -0.3 is 9.47 Å². The molecule has 15 heavy (non-hydrogen) atoms. The highest BCUT2D eigenvalue weighted by molar-refractivity contribution is 5.74. The van der Waals surface area contributed by atoms with Gasteiger partial charge in [-0.2, -0.15) is 0 Å². The van der Waals surface area contributed by atoms with Crippen LogP contribution >= 0.6 is 0 Å². The lowest BCUT2D eigenvalue weighted by Gasteiger charge is -2.30. The molecule has 0 aromatic carbocycles. The average Bonchev–Trinajstić information content (AvgIpc) is 1.99. The summed E-state index contributed by atoms with van der Waals surface area (Å²) in [6.45, 7) is 10.8. The van der Waals surface area contributed by atoms with Crippen LogP contribution in [0.4, 0.5) is 0 Å². The fourth-order valence-electron chi connectivity index (χ4n) is 0.900. The largest absolute Gasteiger partial charge is 0.461 e. The van der Waals surface area contributed by atoms with Crippen LogP contribution in [0.5, 0.6) is 0 Å². The van der Waals surface area contributed by atoms with Crippen molar-refractivity contribution >= 4 is 12.4 Å². The summed E-state index contributed by atoms with van der Waals surface area (Å²) in [5.41, 5.74) is -1.37. The normalized spacial score (nSPS) is 14.3. The molecule has 0 aliphatic heterocycles. The first-order chi connectivity index (χ1) is 6.60. The van der Waals surface area contributed by atoms with Gasteiger partial charge in [-0.05, 0) is 41.5 Å². The van der Waals surface area contributed by atoms with E-state index in [1.807, 2.05) is 0 Å². The number of carbonyl (C=O) groups is 2. The first-order valence-corrected chi connectivity index (χ1v) is 4.94. The Balaban J connectivity index is 4.50. The maximum Gasteiger partial charge on any atom is 0.313 e. The third-order valence-corrected chi connectivity index (χ3v) is 2.15. The summed E-state index contributed by atoms with van der Waals surface area (Å²) < 4.78 is 10.0. The van der Waals surface area contributed by atoms with Crippen LogP contribution in [-0.2, 0) is 19.1 Å². The SMILES string of the molecule is CC(C(=O)OC(C)(C)C)C(C)(C)OC=O. The van der Waals surface area contributed by atoms with E-state index in [9.17, 15) is 9.59 Å². The Kier molecular flexibility index (Phi) is 4.31. The Hall–Kier alpha value is -1.06. The van der Waals surface area contributed by atoms with Gasteiger partial charge in [0.25, 0.3) is 6.47 Å². The molecule has 0 heterocycles. The van der Waals surface area contributed by atoms with E-state index in [2.05, 4.69) is 0 Å². The molecule has 0 rings (SSSR count). The smallest absolute Gasteiger partial charge is 0.313 e. The van der Waals surface area contributed by atoms with Crippen molar-refractivity contribution in [2.45, 2.75) is 52.7 Å². The highest BCUT2D eigenvalue weighted by Crippen LogP contribution is 2.23. The molecule has 0 spiro atoms. The third-order valence-electron chi connectivity index (χ3n) is 2.15. The second-order valence-electron chi connectivity index (χ2n) is 5.07. The van der Waals surface area contributed by atoms with Crippen molar-refractivity contribution < 1.29 is 19.1 Å². The lowest BCUT2D eigenvalue weighted by Crippen LogP contribution is -2.40. The van der Waals surface area contributed by atoms with Gasteiger partial charge in [-0.1, -0.05) is 0 Å². The lowest BCUT2D eigenvalue weighted by atomic mass is 9.92. The van der Waals surface area contributed by atoms with Gasteiger partial charge in [-0.25, -0.2) is 0 Å². The van der Waals surface area contributed by atoms with Gasteiger partial charge in [-0.15, -0.1) is 0 Å². The molecule has 0 bridgehead atoms. The molecule has 0 aliphatic carbocycles. The van der Waals surface area contributed by atoms with Crippen molar-refractivity contribution in [1.82, 2.24) is 0 Å². The zero-order chi connectivity index (χ0) is 12.3. The topological polar surface area (TPSA) is 52.6 Å². The number of hydrogen-bond acceptors (Lipinski definition) is 4. The zero-order valence-corrected chi connectivity index (χ0v) is 10.3. The van der Waals surface area contributed by atoms with Crippen molar-refractivity contribution in [3.05, 3.63) is 0 Å². The second kappa shape index (κ2) is 4.64. The first-order valence-electron chi connectivity index (χ1n) is 4.94. The van der Waals surface area contributed by atoms with E-state index in [0.29, 0.717) is 6.47 Å². The number of carbonyl (C=O) groups excluding carboxylic acids is 2. The molecule has 1 atom stereocenters. The van der Waals surface area contributed by atoms with E-state index in [0.717, 1.165) is 0 Å². The molecule has 0 N–H and O–H groups in total. The molecule has 4 heteroatoms. The van der Waals surface area contributed by atoms with Gasteiger partial charge in [-0.3, -0.25) is 9.59 Å². The van der Waals surface area contributed by atoms with Crippen LogP contribution in [0, 0.1) is 5.92 Å². The van der Waals surface area contributed by atoms with E-state index in [-0.39, 0.29) is 5.97 Å². The summed E-state index contributed by atoms with van der Waals surface area (Å²) in [6, 6.07) is 0. The predicted octanol–water partition coefficient (Wildman–Crippen LogP) is 1.92. The molecule has 1 unspecified atom stereocenters. The van der Waals surface area contributed by atoms with Crippen molar-refractivity contribution in [1.29, 1.82) is 0 Å². The molecule has 4 nitrogen and oxygen atoms in total. The minimum Gasteiger partial charge on any atom is -0.461 e. The van der Waals surface area contributed by atoms with Crippen LogP contribution in [0.3, 0.4) is 0 Å². The van der Waals surface area contributed by atoms with Gasteiger partial charge in [0.15, 0.2) is 0 Å². The van der Waals surface area contributed by atoms with Gasteiger partial charge in [0.2, 0.25) is 0 Å². The molecule has 0 saturated heterocycles. The van der Waals surface area contributed by atoms with Gasteiger partial charge >= 0.3 is 5.97 Å². The molecular formula is C11H20O4. The fourth-order valence-corrected chi connectivity index (χ4v) is 0.900. The highest BCUT2D eigenvalue weighted by Gasteiger charge is 2.36. The van der Waals surface area contributed by atoms with Crippen LogP contribution in [0.1, 0.15) is 41.5 Å². The van der Waals surface area contributed by atoms with E-state index >= 15 is 0 Å². The predicted molar refractivity (Wildman–Crippen MR) is 56.2 cm³/mol. The van der Waals surface area contributed by atoms with E-state index in [4.69, 9.17) is 9.47 Å². The summed E-state index contributed by atoms with van der Waals surface area (Å²) in [6.07, 6.45) is 0. The van der Waals surface area contributed by atoms with Gasteiger partial charge in [0.1, 0.15) is 11.2 Å². The maximum absolute atomic E-state index is 11.7. The molecule has 88 valence electrons. The van der Waals surface area contributed by atoms with Crippen LogP contribution in [0.2, 0.25) is 0 Å². The lowest BCUT2D eigenvalue weighted by molar-refractivity contribution is -0.171. The second-order valence-corrected chi connectivity index (χ2v) is 5.07. The summed E-state index contributed by atoms with van der Waals surface area (Å²) in [5.74, 6) is -0.865. The standard InChI is InChI=1S/C11H20O4/c1-8(11(5,6)14-7-12)9(13)15-10(2,3)4/h7-8H,1-6H3. The van der Waals surface area contributed by atoms with Gasteiger partial charge in [0, 0.05) is 0 Å². The molecule has 0 radical (unpaired) electrons. The van der Waals surface area contributed by atoms with Crippen molar-refractivity contribution in [3.63, 3.8) is 0 Å². The number of rotatable bonds is 4. The van der Waals surface area contributed by atoms with Crippen LogP contribution in [0.25, 0.3) is 0 Å². The van der Waals surface area contributed by atoms with Crippen LogP contribution in [-0.4, -0.2) is 23.6 Å². The summed E-state index contributed by atoms with van der Waals surface area (Å²) in [7, 11) is 0. The maximum atomic E-state index is 11.7. The molecule has 0 aromatic rings. The molecule has 0 aromatic heterocycles. The Morgan fingerprint density at radius 2 is 1.67 bits per heavy atom. The summed E-state index contributed by atoms with van der Waals surface area (Å²) in [4.78, 5) is 21.9. The van der Waals surface area contributed by atoms with Gasteiger partial charge in [0.05, 0.1) is 5.92 Å². The molecular weight excluding hydrogens is 196 g/mol. The molecule has 0 amide bonds. The number of hydrogen-bond donors (Lipinski definition) is 0. The summed E-state index contributed by atoms with van der Waals surface area (Å²) in [5, 5.41) is 0. The van der Waals surface area contributed by atoms with E-state index < -0.39 is 17.1 Å².